The van der Waals surface area contributed by atoms with E-state index < -0.39 is 0 Å². The summed E-state index contributed by atoms with van der Waals surface area (Å²) in [5.74, 6) is 1.02. The summed E-state index contributed by atoms with van der Waals surface area (Å²) in [6.07, 6.45) is 10.1. The highest BCUT2D eigenvalue weighted by Gasteiger charge is 2.51. The van der Waals surface area contributed by atoms with Gasteiger partial charge in [-0.15, -0.1) is 0 Å². The molecule has 14 heavy (non-hydrogen) atoms. The molecule has 1 N–H and O–H groups in total. The lowest BCUT2D eigenvalue weighted by atomic mass is 9.92. The van der Waals surface area contributed by atoms with E-state index in [-0.39, 0.29) is 0 Å². The van der Waals surface area contributed by atoms with Gasteiger partial charge in [0.15, 0.2) is 0 Å². The molecule has 0 heterocycles. The molecule has 1 atom stereocenters. The highest BCUT2D eigenvalue weighted by atomic mass is 15.0. The summed E-state index contributed by atoms with van der Waals surface area (Å²) in [4.78, 5) is 0. The summed E-state index contributed by atoms with van der Waals surface area (Å²) >= 11 is 0. The van der Waals surface area contributed by atoms with Crippen molar-refractivity contribution in [1.82, 2.24) is 5.32 Å². The predicted octanol–water partition coefficient (Wildman–Crippen LogP) is 3.34. The molecule has 2 aliphatic carbocycles. The SMILES string of the molecule is CCCC1(CCC)CC1CNC1CC1. The zero-order valence-electron chi connectivity index (χ0n) is 9.81. The molecule has 82 valence electrons. The molecule has 0 bridgehead atoms. The molecule has 0 aliphatic heterocycles. The van der Waals surface area contributed by atoms with Crippen molar-refractivity contribution in [2.75, 3.05) is 6.54 Å². The topological polar surface area (TPSA) is 12.0 Å². The van der Waals surface area contributed by atoms with Crippen LogP contribution in [0.15, 0.2) is 0 Å². The van der Waals surface area contributed by atoms with Crippen molar-refractivity contribution in [3.05, 3.63) is 0 Å². The number of hydrogen-bond acceptors (Lipinski definition) is 1. The first kappa shape index (κ1) is 10.5. The van der Waals surface area contributed by atoms with Gasteiger partial charge in [-0.05, 0) is 50.0 Å². The van der Waals surface area contributed by atoms with Crippen LogP contribution in [-0.4, -0.2) is 12.6 Å². The van der Waals surface area contributed by atoms with Crippen LogP contribution in [0.3, 0.4) is 0 Å². The van der Waals surface area contributed by atoms with Gasteiger partial charge in [0.05, 0.1) is 0 Å². The van der Waals surface area contributed by atoms with Gasteiger partial charge in [-0.25, -0.2) is 0 Å². The lowest BCUT2D eigenvalue weighted by molar-refractivity contribution is 0.369. The Hall–Kier alpha value is -0.0400. The molecule has 0 spiro atoms. The van der Waals surface area contributed by atoms with Crippen LogP contribution >= 0.6 is 0 Å². The second-order valence-corrected chi connectivity index (χ2v) is 5.45. The van der Waals surface area contributed by atoms with E-state index in [1.54, 1.807) is 0 Å². The fourth-order valence-electron chi connectivity index (χ4n) is 3.05. The molecule has 1 unspecified atom stereocenters. The van der Waals surface area contributed by atoms with E-state index in [0.717, 1.165) is 17.4 Å². The fourth-order valence-corrected chi connectivity index (χ4v) is 3.05. The van der Waals surface area contributed by atoms with E-state index in [1.165, 1.54) is 51.5 Å². The zero-order valence-corrected chi connectivity index (χ0v) is 9.81. The normalized spacial score (nSPS) is 29.1. The van der Waals surface area contributed by atoms with Crippen molar-refractivity contribution in [3.8, 4) is 0 Å². The van der Waals surface area contributed by atoms with Gasteiger partial charge in [0.2, 0.25) is 0 Å². The molecule has 0 saturated heterocycles. The molecular formula is C13H25N. The average molecular weight is 195 g/mol. The van der Waals surface area contributed by atoms with Crippen molar-refractivity contribution >= 4 is 0 Å². The Morgan fingerprint density at radius 2 is 1.79 bits per heavy atom. The summed E-state index contributed by atoms with van der Waals surface area (Å²) in [6, 6.07) is 0.900. The maximum absolute atomic E-state index is 3.69. The van der Waals surface area contributed by atoms with Gasteiger partial charge in [-0.1, -0.05) is 26.7 Å². The zero-order chi connectivity index (χ0) is 10.0. The van der Waals surface area contributed by atoms with Crippen LogP contribution in [0.1, 0.15) is 58.8 Å². The Balaban J connectivity index is 1.71. The van der Waals surface area contributed by atoms with Gasteiger partial charge in [0.25, 0.3) is 0 Å². The Labute approximate surface area is 88.7 Å². The predicted molar refractivity (Wildman–Crippen MR) is 61.4 cm³/mol. The van der Waals surface area contributed by atoms with E-state index in [9.17, 15) is 0 Å². The third-order valence-corrected chi connectivity index (χ3v) is 4.08. The first-order valence-electron chi connectivity index (χ1n) is 6.54. The summed E-state index contributed by atoms with van der Waals surface area (Å²) in [6.45, 7) is 5.98. The van der Waals surface area contributed by atoms with E-state index in [4.69, 9.17) is 0 Å². The van der Waals surface area contributed by atoms with E-state index in [2.05, 4.69) is 19.2 Å². The summed E-state index contributed by atoms with van der Waals surface area (Å²) in [5, 5.41) is 3.69. The molecule has 2 aliphatic rings. The fraction of sp³-hybridized carbons (Fsp3) is 1.00. The van der Waals surface area contributed by atoms with Crippen LogP contribution < -0.4 is 5.32 Å². The van der Waals surface area contributed by atoms with Gasteiger partial charge in [0.1, 0.15) is 0 Å². The van der Waals surface area contributed by atoms with Crippen molar-refractivity contribution in [2.24, 2.45) is 11.3 Å². The molecular weight excluding hydrogens is 170 g/mol. The minimum atomic E-state index is 0.769. The molecule has 1 heteroatoms. The van der Waals surface area contributed by atoms with Crippen LogP contribution in [0.2, 0.25) is 0 Å². The molecule has 0 aromatic heterocycles. The van der Waals surface area contributed by atoms with E-state index in [0.29, 0.717) is 0 Å². The smallest absolute Gasteiger partial charge is 0.00683 e. The van der Waals surface area contributed by atoms with Crippen LogP contribution in [0.25, 0.3) is 0 Å². The standard InChI is InChI=1S/C13H25N/c1-3-7-13(8-4-2)9-11(13)10-14-12-5-6-12/h11-12,14H,3-10H2,1-2H3. The van der Waals surface area contributed by atoms with Crippen LogP contribution in [0.4, 0.5) is 0 Å². The number of nitrogens with one attached hydrogen (secondary N) is 1. The molecule has 0 aromatic rings. The summed E-state index contributed by atoms with van der Waals surface area (Å²) in [7, 11) is 0. The van der Waals surface area contributed by atoms with Gasteiger partial charge in [-0.3, -0.25) is 0 Å². The highest BCUT2D eigenvalue weighted by molar-refractivity contribution is 5.03. The maximum Gasteiger partial charge on any atom is 0.00683 e. The van der Waals surface area contributed by atoms with Crippen molar-refractivity contribution in [3.63, 3.8) is 0 Å². The lowest BCUT2D eigenvalue weighted by Gasteiger charge is -2.15. The Kier molecular flexibility index (Phi) is 3.16. The van der Waals surface area contributed by atoms with E-state index >= 15 is 0 Å². The van der Waals surface area contributed by atoms with Crippen LogP contribution in [-0.2, 0) is 0 Å². The van der Waals surface area contributed by atoms with Gasteiger partial charge >= 0.3 is 0 Å². The Morgan fingerprint density at radius 1 is 1.14 bits per heavy atom. The minimum Gasteiger partial charge on any atom is -0.314 e. The summed E-state index contributed by atoms with van der Waals surface area (Å²) in [5.41, 5.74) is 0.769. The number of rotatable bonds is 7. The molecule has 0 radical (unpaired) electrons. The van der Waals surface area contributed by atoms with Gasteiger partial charge in [-0.2, -0.15) is 0 Å². The van der Waals surface area contributed by atoms with Crippen molar-refractivity contribution in [1.29, 1.82) is 0 Å². The lowest BCUT2D eigenvalue weighted by Crippen LogP contribution is -2.21. The first-order valence-corrected chi connectivity index (χ1v) is 6.54. The molecule has 1 nitrogen and oxygen atoms in total. The first-order chi connectivity index (χ1) is 6.80. The third kappa shape index (κ3) is 2.31. The molecule has 2 rings (SSSR count). The second kappa shape index (κ2) is 4.22. The van der Waals surface area contributed by atoms with E-state index in [1.807, 2.05) is 0 Å². The maximum atomic E-state index is 3.69. The minimum absolute atomic E-state index is 0.769. The average Bonchev–Trinajstić information content (AvgIpc) is 3.00. The highest BCUT2D eigenvalue weighted by Crippen LogP contribution is 2.58. The quantitative estimate of drug-likeness (QED) is 0.657. The van der Waals surface area contributed by atoms with Crippen molar-refractivity contribution in [2.45, 2.75) is 64.8 Å². The Bertz CT molecular complexity index is 178. The molecule has 0 amide bonds. The second-order valence-electron chi connectivity index (χ2n) is 5.45. The molecule has 2 saturated carbocycles. The molecule has 0 aromatic carbocycles. The number of hydrogen-bond donors (Lipinski definition) is 1. The van der Waals surface area contributed by atoms with Crippen molar-refractivity contribution < 1.29 is 0 Å². The monoisotopic (exact) mass is 195 g/mol. The summed E-state index contributed by atoms with van der Waals surface area (Å²) < 4.78 is 0. The largest absolute Gasteiger partial charge is 0.314 e. The Morgan fingerprint density at radius 3 is 2.29 bits per heavy atom. The van der Waals surface area contributed by atoms with Gasteiger partial charge in [0, 0.05) is 6.04 Å². The van der Waals surface area contributed by atoms with Crippen LogP contribution in [0, 0.1) is 11.3 Å². The van der Waals surface area contributed by atoms with Gasteiger partial charge < -0.3 is 5.32 Å². The van der Waals surface area contributed by atoms with Crippen LogP contribution in [0.5, 0.6) is 0 Å². The molecule has 2 fully saturated rings. The third-order valence-electron chi connectivity index (χ3n) is 4.08.